The first kappa shape index (κ1) is 13.2. The fraction of sp³-hybridized carbons (Fsp3) is 0.846. The highest BCUT2D eigenvalue weighted by Gasteiger charge is 2.31. The van der Waals surface area contributed by atoms with Crippen molar-refractivity contribution in [3.8, 4) is 0 Å². The predicted octanol–water partition coefficient (Wildman–Crippen LogP) is 1.68. The van der Waals surface area contributed by atoms with Crippen LogP contribution in [0.25, 0.3) is 0 Å². The summed E-state index contributed by atoms with van der Waals surface area (Å²) in [5.74, 6) is -0.416. The van der Waals surface area contributed by atoms with E-state index < -0.39 is 5.97 Å². The van der Waals surface area contributed by atoms with Crippen LogP contribution in [0.1, 0.15) is 39.0 Å². The van der Waals surface area contributed by atoms with Crippen LogP contribution >= 0.6 is 0 Å². The molecule has 2 rings (SSSR count). The lowest BCUT2D eigenvalue weighted by Crippen LogP contribution is -2.45. The minimum Gasteiger partial charge on any atom is -0.481 e. The van der Waals surface area contributed by atoms with Crippen LogP contribution in [-0.4, -0.2) is 41.1 Å². The number of carbonyl (C=O) groups is 2. The Morgan fingerprint density at radius 2 is 1.83 bits per heavy atom. The lowest BCUT2D eigenvalue weighted by atomic mass is 9.87. The summed E-state index contributed by atoms with van der Waals surface area (Å²) in [6, 6.07) is 0.191. The van der Waals surface area contributed by atoms with Crippen LogP contribution in [0.15, 0.2) is 0 Å². The predicted molar refractivity (Wildman–Crippen MR) is 67.3 cm³/mol. The van der Waals surface area contributed by atoms with Crippen molar-refractivity contribution in [2.45, 2.75) is 45.1 Å². The molecule has 1 aliphatic heterocycles. The molecule has 0 aromatic carbocycles. The Kier molecular flexibility index (Phi) is 4.09. The molecule has 1 saturated carbocycles. The first-order valence-electron chi connectivity index (χ1n) is 6.84. The zero-order valence-electron chi connectivity index (χ0n) is 10.9. The molecule has 2 N–H and O–H groups in total. The SMILES string of the molecule is CC1CCC(NC(=O)N2CCC(C(=O)O)C2)CC1. The van der Waals surface area contributed by atoms with Gasteiger partial charge in [-0.05, 0) is 38.0 Å². The lowest BCUT2D eigenvalue weighted by molar-refractivity contribution is -0.141. The van der Waals surface area contributed by atoms with E-state index in [0.717, 1.165) is 18.8 Å². The van der Waals surface area contributed by atoms with E-state index >= 15 is 0 Å². The molecule has 1 unspecified atom stereocenters. The van der Waals surface area contributed by atoms with Crippen molar-refractivity contribution in [3.05, 3.63) is 0 Å². The number of amides is 2. The van der Waals surface area contributed by atoms with Gasteiger partial charge in [-0.1, -0.05) is 6.92 Å². The number of rotatable bonds is 2. The number of carboxylic acids is 1. The molecule has 0 aromatic heterocycles. The van der Waals surface area contributed by atoms with Gasteiger partial charge >= 0.3 is 12.0 Å². The van der Waals surface area contributed by atoms with Crippen LogP contribution in [-0.2, 0) is 4.79 Å². The number of carbonyl (C=O) groups excluding carboxylic acids is 1. The van der Waals surface area contributed by atoms with Crippen molar-refractivity contribution in [3.63, 3.8) is 0 Å². The summed E-state index contributed by atoms with van der Waals surface area (Å²) >= 11 is 0. The summed E-state index contributed by atoms with van der Waals surface area (Å²) in [5.41, 5.74) is 0. The average Bonchev–Trinajstić information content (AvgIpc) is 2.81. The van der Waals surface area contributed by atoms with Crippen LogP contribution in [0, 0.1) is 11.8 Å². The third kappa shape index (κ3) is 3.15. The molecule has 102 valence electrons. The van der Waals surface area contributed by atoms with Crippen LogP contribution in [0.2, 0.25) is 0 Å². The van der Waals surface area contributed by atoms with Crippen molar-refractivity contribution >= 4 is 12.0 Å². The molecular formula is C13H22N2O3. The third-order valence-corrected chi connectivity index (χ3v) is 4.17. The lowest BCUT2D eigenvalue weighted by Gasteiger charge is -2.28. The van der Waals surface area contributed by atoms with Gasteiger partial charge in [-0.15, -0.1) is 0 Å². The Morgan fingerprint density at radius 3 is 2.39 bits per heavy atom. The Hall–Kier alpha value is -1.26. The zero-order valence-corrected chi connectivity index (χ0v) is 10.9. The van der Waals surface area contributed by atoms with Crippen molar-refractivity contribution in [2.75, 3.05) is 13.1 Å². The Bertz CT molecular complexity index is 324. The summed E-state index contributed by atoms with van der Waals surface area (Å²) in [6.07, 6.45) is 5.00. The van der Waals surface area contributed by atoms with Gasteiger partial charge in [0, 0.05) is 19.1 Å². The molecule has 0 radical (unpaired) electrons. The van der Waals surface area contributed by atoms with Crippen molar-refractivity contribution < 1.29 is 14.7 Å². The van der Waals surface area contributed by atoms with Gasteiger partial charge in [-0.3, -0.25) is 4.79 Å². The second-order valence-corrected chi connectivity index (χ2v) is 5.68. The molecule has 18 heavy (non-hydrogen) atoms. The summed E-state index contributed by atoms with van der Waals surface area (Å²) in [4.78, 5) is 24.5. The van der Waals surface area contributed by atoms with Crippen LogP contribution in [0.4, 0.5) is 4.79 Å². The highest BCUT2D eigenvalue weighted by Crippen LogP contribution is 2.24. The van der Waals surface area contributed by atoms with Gasteiger partial charge in [0.15, 0.2) is 0 Å². The second-order valence-electron chi connectivity index (χ2n) is 5.68. The standard InChI is InChI=1S/C13H22N2O3/c1-9-2-4-11(5-3-9)14-13(18)15-7-6-10(8-15)12(16)17/h9-11H,2-8H2,1H3,(H,14,18)(H,16,17). The van der Waals surface area contributed by atoms with E-state index in [4.69, 9.17) is 5.11 Å². The Labute approximate surface area is 108 Å². The number of nitrogens with one attached hydrogen (secondary N) is 1. The Morgan fingerprint density at radius 1 is 1.17 bits per heavy atom. The number of hydrogen-bond donors (Lipinski definition) is 2. The number of likely N-dealkylation sites (tertiary alicyclic amines) is 1. The maximum atomic E-state index is 12.0. The average molecular weight is 254 g/mol. The number of carboxylic acid groups (broad SMARTS) is 1. The molecule has 0 aromatic rings. The quantitative estimate of drug-likeness (QED) is 0.787. The Balaban J connectivity index is 1.77. The second kappa shape index (κ2) is 5.59. The van der Waals surface area contributed by atoms with E-state index in [2.05, 4.69) is 12.2 Å². The molecule has 1 heterocycles. The van der Waals surface area contributed by atoms with Crippen molar-refractivity contribution in [1.82, 2.24) is 10.2 Å². The van der Waals surface area contributed by atoms with Crippen LogP contribution in [0.3, 0.4) is 0 Å². The molecule has 1 saturated heterocycles. The molecule has 0 bridgehead atoms. The topological polar surface area (TPSA) is 69.6 Å². The maximum absolute atomic E-state index is 12.0. The summed E-state index contributed by atoms with van der Waals surface area (Å²) in [6.45, 7) is 3.16. The van der Waals surface area contributed by atoms with Gasteiger partial charge < -0.3 is 15.3 Å². The zero-order chi connectivity index (χ0) is 13.1. The van der Waals surface area contributed by atoms with E-state index in [9.17, 15) is 9.59 Å². The fourth-order valence-electron chi connectivity index (χ4n) is 2.82. The normalized spacial score (nSPS) is 32.3. The highest BCUT2D eigenvalue weighted by molar-refractivity contribution is 5.77. The molecule has 5 heteroatoms. The van der Waals surface area contributed by atoms with Gasteiger partial charge in [-0.2, -0.15) is 0 Å². The van der Waals surface area contributed by atoms with Gasteiger partial charge in [0.2, 0.25) is 0 Å². The largest absolute Gasteiger partial charge is 0.481 e. The minimum atomic E-state index is -0.795. The molecule has 2 amide bonds. The first-order valence-corrected chi connectivity index (χ1v) is 6.84. The van der Waals surface area contributed by atoms with Crippen molar-refractivity contribution in [1.29, 1.82) is 0 Å². The summed E-state index contributed by atoms with van der Waals surface area (Å²) < 4.78 is 0. The number of urea groups is 1. The number of hydrogen-bond acceptors (Lipinski definition) is 2. The van der Waals surface area contributed by atoms with Crippen molar-refractivity contribution in [2.24, 2.45) is 11.8 Å². The van der Waals surface area contributed by atoms with Gasteiger partial charge in [0.1, 0.15) is 0 Å². The van der Waals surface area contributed by atoms with E-state index in [1.54, 1.807) is 4.90 Å². The van der Waals surface area contributed by atoms with Crippen LogP contribution in [0.5, 0.6) is 0 Å². The molecular weight excluding hydrogens is 232 g/mol. The van der Waals surface area contributed by atoms with E-state index in [-0.39, 0.29) is 18.0 Å². The highest BCUT2D eigenvalue weighted by atomic mass is 16.4. The molecule has 1 aliphatic carbocycles. The van der Waals surface area contributed by atoms with E-state index in [1.165, 1.54) is 12.8 Å². The minimum absolute atomic E-state index is 0.0849. The molecule has 2 aliphatic rings. The first-order chi connectivity index (χ1) is 8.56. The third-order valence-electron chi connectivity index (χ3n) is 4.17. The maximum Gasteiger partial charge on any atom is 0.317 e. The monoisotopic (exact) mass is 254 g/mol. The number of nitrogens with zero attached hydrogens (tertiary/aromatic N) is 1. The van der Waals surface area contributed by atoms with Gasteiger partial charge in [-0.25, -0.2) is 4.79 Å². The fourth-order valence-corrected chi connectivity index (χ4v) is 2.82. The summed E-state index contributed by atoms with van der Waals surface area (Å²) in [5, 5.41) is 11.9. The summed E-state index contributed by atoms with van der Waals surface area (Å²) in [7, 11) is 0. The van der Waals surface area contributed by atoms with E-state index in [1.807, 2.05) is 0 Å². The van der Waals surface area contributed by atoms with Gasteiger partial charge in [0.25, 0.3) is 0 Å². The number of aliphatic carboxylic acids is 1. The molecule has 1 atom stereocenters. The molecule has 5 nitrogen and oxygen atoms in total. The molecule has 0 spiro atoms. The van der Waals surface area contributed by atoms with E-state index in [0.29, 0.717) is 19.5 Å². The molecule has 2 fully saturated rings. The van der Waals surface area contributed by atoms with Crippen LogP contribution < -0.4 is 5.32 Å². The van der Waals surface area contributed by atoms with Gasteiger partial charge in [0.05, 0.1) is 5.92 Å². The smallest absolute Gasteiger partial charge is 0.317 e.